The zero-order valence-corrected chi connectivity index (χ0v) is 21.0. The summed E-state index contributed by atoms with van der Waals surface area (Å²) in [6.45, 7) is 3.38. The van der Waals surface area contributed by atoms with E-state index in [1.54, 1.807) is 22.9 Å². The maximum absolute atomic E-state index is 15.4. The molecule has 0 bridgehead atoms. The molecule has 1 saturated heterocycles. The van der Waals surface area contributed by atoms with E-state index in [9.17, 15) is 14.9 Å². The number of thioether (sulfide) groups is 1. The topological polar surface area (TPSA) is 107 Å². The number of carbonyl (C=O) groups excluding carboxylic acids is 1. The van der Waals surface area contributed by atoms with Crippen molar-refractivity contribution >= 4 is 40.1 Å². The number of rotatable bonds is 5. The Morgan fingerprint density at radius 3 is 2.86 bits per heavy atom. The number of H-pyrrole nitrogens is 1. The van der Waals surface area contributed by atoms with Crippen LogP contribution in [0.15, 0.2) is 35.3 Å². The van der Waals surface area contributed by atoms with Crippen LogP contribution in [0, 0.1) is 18.3 Å². The van der Waals surface area contributed by atoms with Crippen LogP contribution < -0.4 is 10.9 Å². The summed E-state index contributed by atoms with van der Waals surface area (Å²) in [6, 6.07) is 9.31. The van der Waals surface area contributed by atoms with Crippen LogP contribution in [0.3, 0.4) is 0 Å². The fraction of sp³-hybridized carbons (Fsp3) is 0.462. The molecule has 188 valence electrons. The molecule has 2 unspecified atom stereocenters. The average molecular weight is 509 g/mol. The lowest BCUT2D eigenvalue weighted by molar-refractivity contribution is 0.0612. The van der Waals surface area contributed by atoms with Crippen LogP contribution in [0.5, 0.6) is 0 Å². The first-order valence-corrected chi connectivity index (χ1v) is 13.5. The van der Waals surface area contributed by atoms with Crippen molar-refractivity contribution in [2.24, 2.45) is 0 Å². The Morgan fingerprint density at radius 2 is 2.14 bits per heavy atom. The van der Waals surface area contributed by atoms with Gasteiger partial charge < -0.3 is 15.2 Å². The van der Waals surface area contributed by atoms with Gasteiger partial charge in [-0.15, -0.1) is 0 Å². The summed E-state index contributed by atoms with van der Waals surface area (Å²) in [5.41, 5.74) is 1.17. The van der Waals surface area contributed by atoms with E-state index in [1.807, 2.05) is 29.7 Å². The summed E-state index contributed by atoms with van der Waals surface area (Å²) in [6.07, 6.45) is 2.66. The van der Waals surface area contributed by atoms with E-state index in [0.29, 0.717) is 40.8 Å². The highest BCUT2D eigenvalue weighted by molar-refractivity contribution is 7.99. The van der Waals surface area contributed by atoms with Crippen molar-refractivity contribution in [1.82, 2.24) is 19.7 Å². The van der Waals surface area contributed by atoms with Crippen molar-refractivity contribution in [3.8, 4) is 6.07 Å². The summed E-state index contributed by atoms with van der Waals surface area (Å²) in [7, 11) is 0. The van der Waals surface area contributed by atoms with E-state index >= 15 is 4.39 Å². The number of hydrogen-bond donors (Lipinski definition) is 2. The summed E-state index contributed by atoms with van der Waals surface area (Å²) in [5, 5.41) is 17.8. The second kappa shape index (κ2) is 9.97. The molecule has 0 radical (unpaired) electrons. The highest BCUT2D eigenvalue weighted by atomic mass is 32.2. The number of nitrogens with one attached hydrogen (secondary N) is 2. The Labute approximate surface area is 212 Å². The van der Waals surface area contributed by atoms with Gasteiger partial charge in [-0.1, -0.05) is 12.8 Å². The Bertz CT molecular complexity index is 1390. The highest BCUT2D eigenvalue weighted by Gasteiger charge is 2.45. The number of fused-ring (bicyclic) bond motifs is 1. The van der Waals surface area contributed by atoms with E-state index in [4.69, 9.17) is 0 Å². The van der Waals surface area contributed by atoms with Crippen LogP contribution in [-0.2, 0) is 5.54 Å². The first-order chi connectivity index (χ1) is 17.4. The molecule has 1 saturated carbocycles. The molecule has 10 heteroatoms. The number of benzene rings is 1. The van der Waals surface area contributed by atoms with Gasteiger partial charge in [-0.05, 0) is 49.6 Å². The summed E-state index contributed by atoms with van der Waals surface area (Å²) in [4.78, 5) is 30.4. The Morgan fingerprint density at radius 1 is 1.33 bits per heavy atom. The molecule has 1 aliphatic carbocycles. The molecule has 2 atom stereocenters. The van der Waals surface area contributed by atoms with Gasteiger partial charge in [-0.25, -0.2) is 4.39 Å². The van der Waals surface area contributed by atoms with E-state index in [-0.39, 0.29) is 17.9 Å². The van der Waals surface area contributed by atoms with Crippen LogP contribution in [0.4, 0.5) is 15.9 Å². The number of carbonyl (C=O) groups is 1. The first kappa shape index (κ1) is 24.4. The van der Waals surface area contributed by atoms with Crippen molar-refractivity contribution in [2.45, 2.75) is 50.7 Å². The summed E-state index contributed by atoms with van der Waals surface area (Å²) in [5.74, 6) is 2.22. The molecule has 1 amide bonds. The summed E-state index contributed by atoms with van der Waals surface area (Å²) < 4.78 is 17.0. The number of halogens is 1. The molecule has 2 aromatic heterocycles. The number of aromatic amines is 1. The zero-order valence-electron chi connectivity index (χ0n) is 20.2. The van der Waals surface area contributed by atoms with Crippen molar-refractivity contribution in [3.63, 3.8) is 0 Å². The number of amides is 1. The number of aryl methyl sites for hydroxylation is 1. The van der Waals surface area contributed by atoms with Crippen LogP contribution in [0.1, 0.15) is 48.0 Å². The van der Waals surface area contributed by atoms with Gasteiger partial charge in [-0.2, -0.15) is 22.1 Å². The SMILES string of the molecule is Cc1cc(Nc2nn(C3(CC#N)CCCCC3F)c3cc[nH]c(=O)c23)ccc1C(=O)N1CCSCC1. The van der Waals surface area contributed by atoms with Crippen LogP contribution >= 0.6 is 11.8 Å². The number of aromatic nitrogens is 3. The summed E-state index contributed by atoms with van der Waals surface area (Å²) >= 11 is 1.85. The molecule has 5 rings (SSSR count). The molecule has 2 N–H and O–H groups in total. The number of alkyl halides is 1. The Kier molecular flexibility index (Phi) is 6.75. The predicted molar refractivity (Wildman–Crippen MR) is 140 cm³/mol. The Hall–Kier alpha value is -3.32. The van der Waals surface area contributed by atoms with Gasteiger partial charge in [-0.3, -0.25) is 14.3 Å². The molecule has 2 aliphatic rings. The lowest BCUT2D eigenvalue weighted by Gasteiger charge is -2.39. The zero-order chi connectivity index (χ0) is 25.3. The van der Waals surface area contributed by atoms with Gasteiger partial charge in [0.1, 0.15) is 17.1 Å². The van der Waals surface area contributed by atoms with Gasteiger partial charge in [0, 0.05) is 42.0 Å². The monoisotopic (exact) mass is 508 g/mol. The minimum absolute atomic E-state index is 0.0234. The van der Waals surface area contributed by atoms with E-state index in [0.717, 1.165) is 43.0 Å². The van der Waals surface area contributed by atoms with E-state index in [1.165, 1.54) is 6.20 Å². The number of nitrogens with zero attached hydrogens (tertiary/aromatic N) is 4. The van der Waals surface area contributed by atoms with Gasteiger partial charge in [0.25, 0.3) is 11.5 Å². The molecule has 8 nitrogen and oxygen atoms in total. The minimum atomic E-state index is -1.23. The van der Waals surface area contributed by atoms with Crippen LogP contribution in [0.2, 0.25) is 0 Å². The number of nitriles is 1. The molecule has 0 spiro atoms. The molecule has 1 aromatic carbocycles. The van der Waals surface area contributed by atoms with Crippen molar-refractivity contribution in [1.29, 1.82) is 5.26 Å². The molecule has 3 aromatic rings. The van der Waals surface area contributed by atoms with Crippen molar-refractivity contribution < 1.29 is 9.18 Å². The molecule has 1 aliphatic heterocycles. The molecule has 3 heterocycles. The van der Waals surface area contributed by atoms with E-state index in [2.05, 4.69) is 21.5 Å². The normalized spacial score (nSPS) is 22.4. The fourth-order valence-corrected chi connectivity index (χ4v) is 6.29. The van der Waals surface area contributed by atoms with E-state index < -0.39 is 11.7 Å². The van der Waals surface area contributed by atoms with Crippen LogP contribution in [-0.4, -0.2) is 56.3 Å². The largest absolute Gasteiger partial charge is 0.338 e. The van der Waals surface area contributed by atoms with Gasteiger partial charge in [0.15, 0.2) is 5.82 Å². The van der Waals surface area contributed by atoms with Crippen LogP contribution in [0.25, 0.3) is 10.9 Å². The second-order valence-corrected chi connectivity index (χ2v) is 10.8. The van der Waals surface area contributed by atoms with Gasteiger partial charge in [0.05, 0.1) is 18.0 Å². The molecule has 36 heavy (non-hydrogen) atoms. The Balaban J connectivity index is 1.52. The maximum Gasteiger partial charge on any atom is 0.261 e. The lowest BCUT2D eigenvalue weighted by atomic mass is 9.78. The standard InChI is InChI=1S/C26H29FN6O2S/c1-17-16-18(5-6-19(17)25(35)32-12-14-36-15-13-32)30-23-22-20(7-11-29-24(22)34)33(31-23)26(9-10-28)8-3-2-4-21(26)27/h5-7,11,16,21H,2-4,8-9,12-15H2,1H3,(H,29,34)(H,30,31). The maximum atomic E-state index is 15.4. The quantitative estimate of drug-likeness (QED) is 0.526. The minimum Gasteiger partial charge on any atom is -0.338 e. The fourth-order valence-electron chi connectivity index (χ4n) is 5.39. The molecular weight excluding hydrogens is 479 g/mol. The average Bonchev–Trinajstić information content (AvgIpc) is 3.26. The molecule has 2 fully saturated rings. The third-order valence-corrected chi connectivity index (χ3v) is 8.27. The van der Waals surface area contributed by atoms with Gasteiger partial charge in [0.2, 0.25) is 0 Å². The number of pyridine rings is 1. The third-order valence-electron chi connectivity index (χ3n) is 7.33. The lowest BCUT2D eigenvalue weighted by Crippen LogP contribution is -2.45. The number of anilines is 2. The molecular formula is C26H29FN6O2S. The van der Waals surface area contributed by atoms with Crippen molar-refractivity contribution in [3.05, 3.63) is 51.9 Å². The van der Waals surface area contributed by atoms with Gasteiger partial charge >= 0.3 is 0 Å². The number of hydrogen-bond acceptors (Lipinski definition) is 6. The predicted octanol–water partition coefficient (Wildman–Crippen LogP) is 4.49. The smallest absolute Gasteiger partial charge is 0.261 e. The van der Waals surface area contributed by atoms with Crippen molar-refractivity contribution in [2.75, 3.05) is 29.9 Å². The third kappa shape index (κ3) is 4.26. The highest BCUT2D eigenvalue weighted by Crippen LogP contribution is 2.42. The first-order valence-electron chi connectivity index (χ1n) is 12.3. The second-order valence-electron chi connectivity index (χ2n) is 9.54.